The molecule has 0 aromatic carbocycles. The highest BCUT2D eigenvalue weighted by Gasteiger charge is 2.25. The molecule has 1 aliphatic rings. The minimum Gasteiger partial charge on any atom is -0.317 e. The van der Waals surface area contributed by atoms with Crippen LogP contribution in [0.3, 0.4) is 0 Å². The lowest BCUT2D eigenvalue weighted by molar-refractivity contribution is 0.417. The van der Waals surface area contributed by atoms with Crippen LogP contribution in [0.4, 0.5) is 0 Å². The Kier molecular flexibility index (Phi) is 4.23. The number of rotatable bonds is 5. The van der Waals surface area contributed by atoms with Gasteiger partial charge in [0, 0.05) is 18.8 Å². The maximum Gasteiger partial charge on any atom is 0.185 e. The van der Waals surface area contributed by atoms with E-state index in [0.29, 0.717) is 0 Å². The van der Waals surface area contributed by atoms with Crippen LogP contribution in [-0.4, -0.2) is 33.6 Å². The molecule has 5 heteroatoms. The molecule has 0 aliphatic heterocycles. The van der Waals surface area contributed by atoms with Crippen LogP contribution in [0.5, 0.6) is 0 Å². The second kappa shape index (κ2) is 5.68. The fourth-order valence-electron chi connectivity index (χ4n) is 2.48. The van der Waals surface area contributed by atoms with Gasteiger partial charge in [-0.15, -0.1) is 0 Å². The quantitative estimate of drug-likeness (QED) is 0.795. The maximum absolute atomic E-state index is 4.22. The minimum absolute atomic E-state index is 0.736. The Balaban J connectivity index is 1.74. The number of aryl methyl sites for hydroxylation is 1. The van der Waals surface area contributed by atoms with Gasteiger partial charge in [0.25, 0.3) is 0 Å². The van der Waals surface area contributed by atoms with E-state index in [-0.39, 0.29) is 0 Å². The Morgan fingerprint density at radius 2 is 2.44 bits per heavy atom. The smallest absolute Gasteiger partial charge is 0.185 e. The van der Waals surface area contributed by atoms with Gasteiger partial charge in [-0.1, -0.05) is 18.2 Å². The van der Waals surface area contributed by atoms with Gasteiger partial charge in [0.2, 0.25) is 0 Å². The van der Waals surface area contributed by atoms with Crippen LogP contribution in [0.25, 0.3) is 0 Å². The zero-order valence-corrected chi connectivity index (χ0v) is 10.8. The summed E-state index contributed by atoms with van der Waals surface area (Å²) in [6.07, 6.45) is 7.00. The molecule has 1 N–H and O–H groups in total. The summed E-state index contributed by atoms with van der Waals surface area (Å²) < 4.78 is 1.84. The summed E-state index contributed by atoms with van der Waals surface area (Å²) in [6.45, 7) is 0. The SMILES string of the molecule is CNC1CCCC1CCSc1ncnn1C. The summed E-state index contributed by atoms with van der Waals surface area (Å²) in [4.78, 5) is 4.22. The predicted octanol–water partition coefficient (Wildman–Crippen LogP) is 1.69. The van der Waals surface area contributed by atoms with Crippen molar-refractivity contribution in [1.29, 1.82) is 0 Å². The van der Waals surface area contributed by atoms with Crippen LogP contribution in [0.2, 0.25) is 0 Å². The van der Waals surface area contributed by atoms with Gasteiger partial charge in [0.15, 0.2) is 5.16 Å². The molecule has 0 bridgehead atoms. The van der Waals surface area contributed by atoms with Crippen LogP contribution >= 0.6 is 11.8 Å². The van der Waals surface area contributed by atoms with Crippen molar-refractivity contribution < 1.29 is 0 Å². The third-order valence-electron chi connectivity index (χ3n) is 3.42. The topological polar surface area (TPSA) is 42.7 Å². The first kappa shape index (κ1) is 11.9. The highest BCUT2D eigenvalue weighted by molar-refractivity contribution is 7.99. The van der Waals surface area contributed by atoms with Gasteiger partial charge >= 0.3 is 0 Å². The number of thioether (sulfide) groups is 1. The Bertz CT molecular complexity index is 326. The normalized spacial score (nSPS) is 25.1. The summed E-state index contributed by atoms with van der Waals surface area (Å²) in [5.74, 6) is 2.00. The molecular weight excluding hydrogens is 220 g/mol. The van der Waals surface area contributed by atoms with E-state index in [9.17, 15) is 0 Å². The standard InChI is InChI=1S/C11H20N4S/c1-12-10-5-3-4-9(10)6-7-16-11-13-8-14-15(11)2/h8-10,12H,3-7H2,1-2H3. The molecule has 0 saturated heterocycles. The van der Waals surface area contributed by atoms with Gasteiger partial charge in [-0.2, -0.15) is 5.10 Å². The molecule has 1 aliphatic carbocycles. The molecule has 90 valence electrons. The Labute approximate surface area is 101 Å². The van der Waals surface area contributed by atoms with E-state index >= 15 is 0 Å². The second-order valence-electron chi connectivity index (χ2n) is 4.39. The average molecular weight is 240 g/mol. The van der Waals surface area contributed by atoms with Gasteiger partial charge in [-0.25, -0.2) is 9.67 Å². The lowest BCUT2D eigenvalue weighted by atomic mass is 10.0. The molecule has 0 amide bonds. The van der Waals surface area contributed by atoms with Crippen LogP contribution < -0.4 is 5.32 Å². The highest BCUT2D eigenvalue weighted by atomic mass is 32.2. The van der Waals surface area contributed by atoms with E-state index in [1.807, 2.05) is 23.5 Å². The lowest BCUT2D eigenvalue weighted by Crippen LogP contribution is -2.29. The fraction of sp³-hybridized carbons (Fsp3) is 0.818. The predicted molar refractivity (Wildman–Crippen MR) is 66.5 cm³/mol. The largest absolute Gasteiger partial charge is 0.317 e. The van der Waals surface area contributed by atoms with Crippen molar-refractivity contribution in [2.45, 2.75) is 36.9 Å². The summed E-state index contributed by atoms with van der Waals surface area (Å²) >= 11 is 1.81. The Morgan fingerprint density at radius 3 is 3.12 bits per heavy atom. The van der Waals surface area contributed by atoms with Crippen LogP contribution in [0, 0.1) is 5.92 Å². The molecule has 1 saturated carbocycles. The van der Waals surface area contributed by atoms with Gasteiger partial charge in [-0.05, 0) is 32.2 Å². The molecule has 0 spiro atoms. The van der Waals surface area contributed by atoms with Crippen molar-refractivity contribution in [2.75, 3.05) is 12.8 Å². The first-order chi connectivity index (χ1) is 7.81. The summed E-state index contributed by atoms with van der Waals surface area (Å²) in [7, 11) is 4.03. The average Bonchev–Trinajstić information content (AvgIpc) is 2.88. The molecule has 1 fully saturated rings. The number of hydrogen-bond donors (Lipinski definition) is 1. The van der Waals surface area contributed by atoms with Crippen LogP contribution in [-0.2, 0) is 7.05 Å². The zero-order valence-electron chi connectivity index (χ0n) is 10.0. The summed E-state index contributed by atoms with van der Waals surface area (Å²) in [6, 6.07) is 0.736. The van der Waals surface area contributed by atoms with E-state index in [1.165, 1.54) is 25.7 Å². The molecule has 0 radical (unpaired) electrons. The van der Waals surface area contributed by atoms with Gasteiger partial charge < -0.3 is 5.32 Å². The fourth-order valence-corrected chi connectivity index (χ4v) is 3.44. The first-order valence-electron chi connectivity index (χ1n) is 5.95. The van der Waals surface area contributed by atoms with Crippen molar-refractivity contribution in [3.8, 4) is 0 Å². The maximum atomic E-state index is 4.22. The highest BCUT2D eigenvalue weighted by Crippen LogP contribution is 2.30. The third kappa shape index (κ3) is 2.77. The molecule has 1 aromatic heterocycles. The number of hydrogen-bond acceptors (Lipinski definition) is 4. The Morgan fingerprint density at radius 1 is 1.56 bits per heavy atom. The van der Waals surface area contributed by atoms with Crippen LogP contribution in [0.15, 0.2) is 11.5 Å². The van der Waals surface area contributed by atoms with Crippen molar-refractivity contribution in [2.24, 2.45) is 13.0 Å². The molecular formula is C11H20N4S. The monoisotopic (exact) mass is 240 g/mol. The molecule has 16 heavy (non-hydrogen) atoms. The molecule has 1 heterocycles. The van der Waals surface area contributed by atoms with Gasteiger partial charge in [0.05, 0.1) is 0 Å². The lowest BCUT2D eigenvalue weighted by Gasteiger charge is -2.18. The van der Waals surface area contributed by atoms with Gasteiger partial charge in [0.1, 0.15) is 6.33 Å². The minimum atomic E-state index is 0.736. The van der Waals surface area contributed by atoms with E-state index in [1.54, 1.807) is 6.33 Å². The van der Waals surface area contributed by atoms with E-state index in [4.69, 9.17) is 0 Å². The van der Waals surface area contributed by atoms with Crippen molar-refractivity contribution >= 4 is 11.8 Å². The Hall–Kier alpha value is -0.550. The first-order valence-corrected chi connectivity index (χ1v) is 6.94. The number of nitrogens with zero attached hydrogens (tertiary/aromatic N) is 3. The molecule has 4 nitrogen and oxygen atoms in total. The van der Waals surface area contributed by atoms with E-state index in [0.717, 1.165) is 22.9 Å². The van der Waals surface area contributed by atoms with Crippen molar-refractivity contribution in [1.82, 2.24) is 20.1 Å². The second-order valence-corrected chi connectivity index (χ2v) is 5.45. The summed E-state index contributed by atoms with van der Waals surface area (Å²) in [5.41, 5.74) is 0. The van der Waals surface area contributed by atoms with E-state index < -0.39 is 0 Å². The summed E-state index contributed by atoms with van der Waals surface area (Å²) in [5, 5.41) is 8.52. The molecule has 2 atom stereocenters. The third-order valence-corrected chi connectivity index (χ3v) is 4.49. The number of aromatic nitrogens is 3. The molecule has 2 unspecified atom stereocenters. The van der Waals surface area contributed by atoms with Crippen molar-refractivity contribution in [3.63, 3.8) is 0 Å². The van der Waals surface area contributed by atoms with E-state index in [2.05, 4.69) is 22.4 Å². The van der Waals surface area contributed by atoms with Crippen molar-refractivity contribution in [3.05, 3.63) is 6.33 Å². The van der Waals surface area contributed by atoms with Crippen LogP contribution in [0.1, 0.15) is 25.7 Å². The van der Waals surface area contributed by atoms with Gasteiger partial charge in [-0.3, -0.25) is 0 Å². The molecule has 2 rings (SSSR count). The molecule has 1 aromatic rings. The number of nitrogens with one attached hydrogen (secondary N) is 1. The zero-order chi connectivity index (χ0) is 11.4.